The summed E-state index contributed by atoms with van der Waals surface area (Å²) in [6, 6.07) is 13.0. The molecule has 0 bridgehead atoms. The lowest BCUT2D eigenvalue weighted by atomic mass is 9.74. The maximum Gasteiger partial charge on any atom is 0.191 e. The van der Waals surface area contributed by atoms with Crippen LogP contribution >= 0.6 is 0 Å². The van der Waals surface area contributed by atoms with Gasteiger partial charge in [0.1, 0.15) is 11.6 Å². The Morgan fingerprint density at radius 3 is 2.52 bits per heavy atom. The number of guanidine groups is 1. The number of nitrogens with one attached hydrogen (secondary N) is 2. The van der Waals surface area contributed by atoms with Crippen LogP contribution in [0.4, 0.5) is 4.39 Å². The van der Waals surface area contributed by atoms with Crippen LogP contribution in [-0.2, 0) is 16.7 Å². The summed E-state index contributed by atoms with van der Waals surface area (Å²) in [7, 11) is 3.44. The van der Waals surface area contributed by atoms with Gasteiger partial charge < -0.3 is 20.1 Å². The Hall–Kier alpha value is -2.60. The van der Waals surface area contributed by atoms with Crippen LogP contribution in [0.3, 0.4) is 0 Å². The minimum absolute atomic E-state index is 0.106. The van der Waals surface area contributed by atoms with E-state index in [9.17, 15) is 4.39 Å². The van der Waals surface area contributed by atoms with E-state index in [0.717, 1.165) is 41.2 Å². The number of hydrogen-bond acceptors (Lipinski definition) is 3. The molecule has 0 amide bonds. The van der Waals surface area contributed by atoms with Crippen LogP contribution in [0.1, 0.15) is 29.5 Å². The molecule has 1 heterocycles. The van der Waals surface area contributed by atoms with Crippen LogP contribution in [0.25, 0.3) is 0 Å². The first-order valence-corrected chi connectivity index (χ1v) is 9.98. The second kappa shape index (κ2) is 9.74. The van der Waals surface area contributed by atoms with Gasteiger partial charge in [-0.15, -0.1) is 0 Å². The number of rotatable bonds is 6. The number of methoxy groups -OCH3 is 1. The molecule has 29 heavy (non-hydrogen) atoms. The van der Waals surface area contributed by atoms with Crippen molar-refractivity contribution in [2.24, 2.45) is 4.99 Å². The Bertz CT molecular complexity index is 831. The van der Waals surface area contributed by atoms with Gasteiger partial charge in [0.2, 0.25) is 0 Å². The molecule has 1 fully saturated rings. The first kappa shape index (κ1) is 21.1. The highest BCUT2D eigenvalue weighted by Crippen LogP contribution is 2.34. The molecular formula is C23H30FN3O2. The van der Waals surface area contributed by atoms with Gasteiger partial charge in [-0.05, 0) is 49.1 Å². The average Bonchev–Trinajstić information content (AvgIpc) is 2.75. The van der Waals surface area contributed by atoms with E-state index in [0.29, 0.717) is 26.3 Å². The third-order valence-corrected chi connectivity index (χ3v) is 5.61. The van der Waals surface area contributed by atoms with E-state index in [1.807, 2.05) is 25.1 Å². The lowest BCUT2D eigenvalue weighted by Crippen LogP contribution is -2.47. The highest BCUT2D eigenvalue weighted by Gasteiger charge is 2.34. The van der Waals surface area contributed by atoms with E-state index in [-0.39, 0.29) is 11.2 Å². The maximum atomic E-state index is 13.4. The lowest BCUT2D eigenvalue weighted by molar-refractivity contribution is 0.0513. The lowest BCUT2D eigenvalue weighted by Gasteiger charge is -2.38. The molecule has 1 aliphatic rings. The topological polar surface area (TPSA) is 54.9 Å². The van der Waals surface area contributed by atoms with Gasteiger partial charge >= 0.3 is 0 Å². The minimum Gasteiger partial charge on any atom is -0.496 e. The zero-order valence-electron chi connectivity index (χ0n) is 17.4. The molecule has 0 unspecified atom stereocenters. The summed E-state index contributed by atoms with van der Waals surface area (Å²) in [5.41, 5.74) is 3.25. The van der Waals surface area contributed by atoms with Crippen molar-refractivity contribution in [3.05, 3.63) is 65.0 Å². The van der Waals surface area contributed by atoms with Gasteiger partial charge in [0.05, 0.1) is 7.11 Å². The van der Waals surface area contributed by atoms with Gasteiger partial charge in [-0.1, -0.05) is 24.3 Å². The minimum atomic E-state index is -0.214. The second-order valence-electron chi connectivity index (χ2n) is 7.49. The second-order valence-corrected chi connectivity index (χ2v) is 7.49. The van der Waals surface area contributed by atoms with E-state index in [1.54, 1.807) is 14.2 Å². The summed E-state index contributed by atoms with van der Waals surface area (Å²) in [4.78, 5) is 4.36. The average molecular weight is 400 g/mol. The van der Waals surface area contributed by atoms with Gasteiger partial charge in [-0.25, -0.2) is 4.39 Å². The summed E-state index contributed by atoms with van der Waals surface area (Å²) < 4.78 is 24.5. The van der Waals surface area contributed by atoms with Crippen molar-refractivity contribution in [1.82, 2.24) is 10.6 Å². The van der Waals surface area contributed by atoms with Crippen LogP contribution in [-0.4, -0.2) is 39.9 Å². The van der Waals surface area contributed by atoms with Crippen molar-refractivity contribution in [2.75, 3.05) is 33.9 Å². The third kappa shape index (κ3) is 5.26. The fourth-order valence-electron chi connectivity index (χ4n) is 3.78. The quantitative estimate of drug-likeness (QED) is 0.576. The van der Waals surface area contributed by atoms with Crippen molar-refractivity contribution in [2.45, 2.75) is 31.7 Å². The highest BCUT2D eigenvalue weighted by molar-refractivity contribution is 5.79. The Morgan fingerprint density at radius 2 is 1.86 bits per heavy atom. The Labute approximate surface area is 172 Å². The largest absolute Gasteiger partial charge is 0.496 e. The highest BCUT2D eigenvalue weighted by atomic mass is 19.1. The Kier molecular flexibility index (Phi) is 7.09. The predicted molar refractivity (Wildman–Crippen MR) is 114 cm³/mol. The van der Waals surface area contributed by atoms with E-state index in [4.69, 9.17) is 9.47 Å². The summed E-state index contributed by atoms with van der Waals surface area (Å²) in [6.45, 7) is 4.75. The fraction of sp³-hybridized carbons (Fsp3) is 0.435. The number of hydrogen-bond donors (Lipinski definition) is 2. The molecule has 0 aromatic heterocycles. The third-order valence-electron chi connectivity index (χ3n) is 5.61. The van der Waals surface area contributed by atoms with Crippen LogP contribution in [0.15, 0.2) is 47.5 Å². The molecule has 2 aromatic rings. The zero-order valence-corrected chi connectivity index (χ0v) is 17.4. The van der Waals surface area contributed by atoms with Crippen LogP contribution in [0.2, 0.25) is 0 Å². The molecule has 5 nitrogen and oxygen atoms in total. The normalized spacial score (nSPS) is 16.3. The molecule has 1 saturated heterocycles. The molecular weight excluding hydrogens is 369 g/mol. The number of halogens is 1. The predicted octanol–water partition coefficient (Wildman–Crippen LogP) is 3.56. The van der Waals surface area contributed by atoms with Gasteiger partial charge in [-0.3, -0.25) is 4.99 Å². The molecule has 0 saturated carbocycles. The molecule has 0 radical (unpaired) electrons. The van der Waals surface area contributed by atoms with Crippen molar-refractivity contribution >= 4 is 5.96 Å². The number of aliphatic imine (C=N–C) groups is 1. The SMILES string of the molecule is CN=C(NCc1ccc(C)cc1OC)NCC1(c2ccc(F)cc2)CCOCC1. The summed E-state index contributed by atoms with van der Waals surface area (Å²) in [5.74, 6) is 1.37. The Morgan fingerprint density at radius 1 is 1.14 bits per heavy atom. The molecule has 0 spiro atoms. The van der Waals surface area contributed by atoms with Crippen LogP contribution < -0.4 is 15.4 Å². The number of benzene rings is 2. The number of nitrogens with zero attached hydrogens (tertiary/aromatic N) is 1. The molecule has 0 atom stereocenters. The van der Waals surface area contributed by atoms with E-state index < -0.39 is 0 Å². The zero-order chi connectivity index (χ0) is 20.7. The molecule has 3 rings (SSSR count). The first-order valence-electron chi connectivity index (χ1n) is 9.98. The van der Waals surface area contributed by atoms with Crippen molar-refractivity contribution in [1.29, 1.82) is 0 Å². The van der Waals surface area contributed by atoms with Crippen LogP contribution in [0, 0.1) is 12.7 Å². The molecule has 156 valence electrons. The van der Waals surface area contributed by atoms with E-state index in [1.165, 1.54) is 12.1 Å². The van der Waals surface area contributed by atoms with E-state index in [2.05, 4.69) is 27.8 Å². The molecule has 2 aromatic carbocycles. The smallest absolute Gasteiger partial charge is 0.191 e. The standard InChI is InChI=1S/C23H30FN3O2/c1-17-4-5-18(21(14-17)28-3)15-26-22(25-2)27-16-23(10-12-29-13-11-23)19-6-8-20(24)9-7-19/h4-9,14H,10-13,15-16H2,1-3H3,(H2,25,26,27). The van der Waals surface area contributed by atoms with Gasteiger partial charge in [0.25, 0.3) is 0 Å². The maximum absolute atomic E-state index is 13.4. The van der Waals surface area contributed by atoms with Gasteiger partial charge in [0, 0.05) is 44.3 Å². The molecule has 2 N–H and O–H groups in total. The first-order chi connectivity index (χ1) is 14.1. The van der Waals surface area contributed by atoms with Gasteiger partial charge in [0.15, 0.2) is 5.96 Å². The van der Waals surface area contributed by atoms with E-state index >= 15 is 0 Å². The number of aryl methyl sites for hydroxylation is 1. The molecule has 1 aliphatic heterocycles. The summed E-state index contributed by atoms with van der Waals surface area (Å²) in [6.07, 6.45) is 1.77. The monoisotopic (exact) mass is 399 g/mol. The molecule has 6 heteroatoms. The Balaban J connectivity index is 1.67. The van der Waals surface area contributed by atoms with Crippen molar-refractivity contribution in [3.63, 3.8) is 0 Å². The molecule has 0 aliphatic carbocycles. The number of ether oxygens (including phenoxy) is 2. The van der Waals surface area contributed by atoms with Crippen molar-refractivity contribution in [3.8, 4) is 5.75 Å². The van der Waals surface area contributed by atoms with Crippen molar-refractivity contribution < 1.29 is 13.9 Å². The summed E-state index contributed by atoms with van der Waals surface area (Å²) >= 11 is 0. The van der Waals surface area contributed by atoms with Crippen LogP contribution in [0.5, 0.6) is 5.75 Å². The van der Waals surface area contributed by atoms with Gasteiger partial charge in [-0.2, -0.15) is 0 Å². The summed E-state index contributed by atoms with van der Waals surface area (Å²) in [5, 5.41) is 6.83. The fourth-order valence-corrected chi connectivity index (χ4v) is 3.78.